The first-order valence-corrected chi connectivity index (χ1v) is 15.0. The van der Waals surface area contributed by atoms with Gasteiger partial charge in [0, 0.05) is 10.2 Å². The Bertz CT molecular complexity index is 302. The number of hydrogen-bond donors (Lipinski definition) is 1. The normalized spacial score (nSPS) is 12.1. The van der Waals surface area contributed by atoms with Crippen LogP contribution in [0.5, 0.6) is 0 Å². The Labute approximate surface area is 189 Å². The molecular formula is C26H59N2Si+. The minimum Gasteiger partial charge on any atom is -0.331 e. The smallest absolute Gasteiger partial charge is 0.0780 e. The van der Waals surface area contributed by atoms with Gasteiger partial charge in [0.2, 0.25) is 0 Å². The molecule has 0 saturated carbocycles. The van der Waals surface area contributed by atoms with E-state index in [0.29, 0.717) is 0 Å². The second-order valence-electron chi connectivity index (χ2n) is 10.5. The highest BCUT2D eigenvalue weighted by Gasteiger charge is 2.04. The zero-order valence-corrected chi connectivity index (χ0v) is 23.2. The minimum absolute atomic E-state index is 1.12. The van der Waals surface area contributed by atoms with Gasteiger partial charge in [-0.2, -0.15) is 0 Å². The van der Waals surface area contributed by atoms with Gasteiger partial charge in [-0.3, -0.25) is 0 Å². The lowest BCUT2D eigenvalue weighted by Crippen LogP contribution is -2.35. The summed E-state index contributed by atoms with van der Waals surface area (Å²) in [7, 11) is 8.28. The number of unbranched alkanes of at least 4 members (excludes halogenated alkanes) is 17. The van der Waals surface area contributed by atoms with Gasteiger partial charge in [-0.15, -0.1) is 0 Å². The quantitative estimate of drug-likeness (QED) is 0.106. The average Bonchev–Trinajstić information content (AvgIpc) is 2.67. The highest BCUT2D eigenvalue weighted by Crippen LogP contribution is 2.14. The first-order chi connectivity index (χ1) is 14.1. The molecule has 0 aliphatic carbocycles. The molecule has 1 N–H and O–H groups in total. The summed E-state index contributed by atoms with van der Waals surface area (Å²) in [6, 6.07) is 1.45. The van der Waals surface area contributed by atoms with Crippen LogP contribution in [-0.4, -0.2) is 55.5 Å². The molecule has 0 aromatic rings. The van der Waals surface area contributed by atoms with E-state index in [0.717, 1.165) is 4.48 Å². The van der Waals surface area contributed by atoms with E-state index in [-0.39, 0.29) is 0 Å². The molecule has 0 aromatic heterocycles. The highest BCUT2D eigenvalue weighted by atomic mass is 28.1. The molecule has 0 fully saturated rings. The fourth-order valence-corrected chi connectivity index (χ4v) is 4.44. The van der Waals surface area contributed by atoms with E-state index in [1.165, 1.54) is 158 Å². The molecular weight excluding hydrogens is 368 g/mol. The van der Waals surface area contributed by atoms with Gasteiger partial charge in [0.05, 0.1) is 27.7 Å². The molecule has 0 bridgehead atoms. The van der Waals surface area contributed by atoms with Crippen LogP contribution < -0.4 is 5.32 Å². The van der Waals surface area contributed by atoms with Crippen LogP contribution in [-0.2, 0) is 0 Å². The summed E-state index contributed by atoms with van der Waals surface area (Å²) in [5, 5.41) is 3.57. The predicted molar refractivity (Wildman–Crippen MR) is 138 cm³/mol. The first-order valence-electron chi connectivity index (χ1n) is 13.6. The van der Waals surface area contributed by atoms with E-state index in [9.17, 15) is 0 Å². The molecule has 0 aliphatic heterocycles. The Kier molecular flexibility index (Phi) is 22.9. The Hall–Kier alpha value is 0.137. The van der Waals surface area contributed by atoms with Gasteiger partial charge in [0.25, 0.3) is 0 Å². The predicted octanol–water partition coefficient (Wildman–Crippen LogP) is 6.48. The minimum atomic E-state index is 1.12. The Balaban J connectivity index is 3.02. The van der Waals surface area contributed by atoms with Crippen molar-refractivity contribution in [3.05, 3.63) is 0 Å². The van der Waals surface area contributed by atoms with E-state index >= 15 is 0 Å². The van der Waals surface area contributed by atoms with Crippen molar-refractivity contribution in [1.29, 1.82) is 0 Å². The maximum absolute atomic E-state index is 3.57. The summed E-state index contributed by atoms with van der Waals surface area (Å²) >= 11 is 0. The van der Waals surface area contributed by atoms with Gasteiger partial charge in [-0.1, -0.05) is 102 Å². The molecule has 2 nitrogen and oxygen atoms in total. The summed E-state index contributed by atoms with van der Waals surface area (Å²) in [5.41, 5.74) is 0. The lowest BCUT2D eigenvalue weighted by atomic mass is 10.0. The van der Waals surface area contributed by atoms with Crippen molar-refractivity contribution < 1.29 is 4.48 Å². The highest BCUT2D eigenvalue weighted by molar-refractivity contribution is 6.08. The first kappa shape index (κ1) is 29.1. The Morgan fingerprint density at radius 2 is 0.759 bits per heavy atom. The third-order valence-corrected chi connectivity index (χ3v) is 6.85. The van der Waals surface area contributed by atoms with E-state index in [2.05, 4.69) is 26.5 Å². The summed E-state index contributed by atoms with van der Waals surface area (Å²) < 4.78 is 1.12. The van der Waals surface area contributed by atoms with Crippen molar-refractivity contribution in [2.24, 2.45) is 0 Å². The maximum Gasteiger partial charge on any atom is 0.0780 e. The largest absolute Gasteiger partial charge is 0.331 e. The topological polar surface area (TPSA) is 12.0 Å². The van der Waals surface area contributed by atoms with Gasteiger partial charge in [-0.25, -0.2) is 0 Å². The van der Waals surface area contributed by atoms with Crippen LogP contribution in [0.3, 0.4) is 0 Å². The van der Waals surface area contributed by atoms with Gasteiger partial charge in [0.1, 0.15) is 0 Å². The molecule has 0 radical (unpaired) electrons. The lowest BCUT2D eigenvalue weighted by Gasteiger charge is -2.23. The molecule has 0 atom stereocenters. The fourth-order valence-electron chi connectivity index (χ4n) is 4.09. The summed E-state index contributed by atoms with van der Waals surface area (Å²) in [6.45, 7) is 3.83. The Morgan fingerprint density at radius 3 is 1.10 bits per heavy atom. The van der Waals surface area contributed by atoms with E-state index in [4.69, 9.17) is 0 Å². The molecule has 0 heterocycles. The van der Waals surface area contributed by atoms with Gasteiger partial charge < -0.3 is 9.80 Å². The molecule has 0 aliphatic rings. The number of hydrogen-bond acceptors (Lipinski definition) is 1. The number of nitrogens with one attached hydrogen (secondary N) is 1. The maximum atomic E-state index is 3.57. The fraction of sp³-hybridized carbons (Fsp3) is 1.00. The van der Waals surface area contributed by atoms with Crippen LogP contribution in [0.1, 0.15) is 122 Å². The van der Waals surface area contributed by atoms with Gasteiger partial charge in [-0.05, 0) is 38.8 Å². The third-order valence-electron chi connectivity index (χ3n) is 6.14. The van der Waals surface area contributed by atoms with E-state index < -0.39 is 0 Å². The Morgan fingerprint density at radius 1 is 0.448 bits per heavy atom. The van der Waals surface area contributed by atoms with Gasteiger partial charge >= 0.3 is 0 Å². The van der Waals surface area contributed by atoms with Crippen molar-refractivity contribution in [2.45, 2.75) is 128 Å². The molecule has 0 spiro atoms. The second-order valence-corrected chi connectivity index (χ2v) is 11.5. The van der Waals surface area contributed by atoms with Crippen molar-refractivity contribution in [2.75, 3.05) is 40.8 Å². The second kappa shape index (κ2) is 22.8. The number of nitrogens with zero attached hydrogens (tertiary/aromatic N) is 1. The van der Waals surface area contributed by atoms with Crippen LogP contribution >= 0.6 is 0 Å². The SMILES string of the molecule is C[N+](C)(C)CCCCCCCCCCCCCCCCCCCCNCCC[SiH3]. The van der Waals surface area contributed by atoms with Crippen LogP contribution in [0.4, 0.5) is 0 Å². The van der Waals surface area contributed by atoms with E-state index in [1.54, 1.807) is 0 Å². The van der Waals surface area contributed by atoms with Crippen molar-refractivity contribution >= 4 is 10.2 Å². The van der Waals surface area contributed by atoms with Gasteiger partial charge in [0.15, 0.2) is 0 Å². The monoisotopic (exact) mass is 427 g/mol. The van der Waals surface area contributed by atoms with Crippen LogP contribution in [0.15, 0.2) is 0 Å². The van der Waals surface area contributed by atoms with E-state index in [1.807, 2.05) is 0 Å². The molecule has 0 aromatic carbocycles. The molecule has 176 valence electrons. The zero-order chi connectivity index (χ0) is 21.5. The summed E-state index contributed by atoms with van der Waals surface area (Å²) in [4.78, 5) is 0. The van der Waals surface area contributed by atoms with Crippen LogP contribution in [0.2, 0.25) is 6.04 Å². The molecule has 0 saturated heterocycles. The summed E-state index contributed by atoms with van der Waals surface area (Å²) in [5.74, 6) is 0. The molecule has 0 amide bonds. The number of rotatable bonds is 24. The molecule has 29 heavy (non-hydrogen) atoms. The number of quaternary nitrogens is 1. The van der Waals surface area contributed by atoms with Crippen molar-refractivity contribution in [3.8, 4) is 0 Å². The van der Waals surface area contributed by atoms with Crippen LogP contribution in [0.25, 0.3) is 0 Å². The standard InChI is InChI=1S/C26H59N2Si/c1-28(2,3)25-21-19-17-15-13-11-9-7-5-4-6-8-10-12-14-16-18-20-23-27-24-22-26-29/h27H,4-26H2,1-3,29H3/q+1. The van der Waals surface area contributed by atoms with Crippen LogP contribution in [0, 0.1) is 0 Å². The van der Waals surface area contributed by atoms with Crippen molar-refractivity contribution in [3.63, 3.8) is 0 Å². The zero-order valence-electron chi connectivity index (χ0n) is 21.2. The lowest BCUT2D eigenvalue weighted by molar-refractivity contribution is -0.870. The molecule has 0 unspecified atom stereocenters. The average molecular weight is 428 g/mol. The molecule has 0 rings (SSSR count). The summed E-state index contributed by atoms with van der Waals surface area (Å²) in [6.07, 6.45) is 27.7. The third kappa shape index (κ3) is 28.1. The van der Waals surface area contributed by atoms with Crippen molar-refractivity contribution in [1.82, 2.24) is 5.32 Å². The molecule has 3 heteroatoms.